The van der Waals surface area contributed by atoms with Gasteiger partial charge in [-0.25, -0.2) is 4.98 Å². The van der Waals surface area contributed by atoms with E-state index in [1.165, 1.54) is 0 Å². The van der Waals surface area contributed by atoms with Gasteiger partial charge in [-0.3, -0.25) is 4.68 Å². The summed E-state index contributed by atoms with van der Waals surface area (Å²) >= 11 is 1.57. The van der Waals surface area contributed by atoms with Gasteiger partial charge < -0.3 is 10.2 Å². The Bertz CT molecular complexity index is 628. The largest absolute Gasteiger partial charge is 0.431 e. The van der Waals surface area contributed by atoms with Gasteiger partial charge in [-0.05, 0) is 12.1 Å². The Hall–Kier alpha value is -1.95. The number of hydrogen-bond acceptors (Lipinski definition) is 5. The lowest BCUT2D eigenvalue weighted by Crippen LogP contribution is -2.00. The molecule has 18 heavy (non-hydrogen) atoms. The highest BCUT2D eigenvalue weighted by molar-refractivity contribution is 7.99. The van der Waals surface area contributed by atoms with Crippen molar-refractivity contribution in [3.63, 3.8) is 0 Å². The van der Waals surface area contributed by atoms with E-state index >= 15 is 0 Å². The lowest BCUT2D eigenvalue weighted by molar-refractivity contribution is 0.489. The highest BCUT2D eigenvalue weighted by Gasteiger charge is 2.05. The molecule has 92 valence electrons. The van der Waals surface area contributed by atoms with Gasteiger partial charge in [0, 0.05) is 11.9 Å². The first-order valence-electron chi connectivity index (χ1n) is 5.57. The lowest BCUT2D eigenvalue weighted by atomic mass is 10.3. The van der Waals surface area contributed by atoms with E-state index in [4.69, 9.17) is 10.2 Å². The summed E-state index contributed by atoms with van der Waals surface area (Å²) in [4.78, 5) is 4.39. The molecule has 3 rings (SSSR count). The Morgan fingerprint density at radius 2 is 2.22 bits per heavy atom. The maximum absolute atomic E-state index is 5.61. The van der Waals surface area contributed by atoms with Crippen LogP contribution in [0.5, 0.6) is 0 Å². The van der Waals surface area contributed by atoms with E-state index in [1.54, 1.807) is 18.0 Å². The zero-order chi connectivity index (χ0) is 12.4. The molecule has 5 nitrogen and oxygen atoms in total. The third-order valence-corrected chi connectivity index (χ3v) is 3.28. The Labute approximate surface area is 108 Å². The molecule has 1 aromatic carbocycles. The van der Waals surface area contributed by atoms with Crippen molar-refractivity contribution in [3.05, 3.63) is 36.7 Å². The number of fused-ring (bicyclic) bond motifs is 1. The summed E-state index contributed by atoms with van der Waals surface area (Å²) in [6.07, 6.45) is 3.46. The molecule has 0 spiro atoms. The summed E-state index contributed by atoms with van der Waals surface area (Å²) in [5, 5.41) is 4.81. The van der Waals surface area contributed by atoms with Crippen LogP contribution in [0.15, 0.2) is 46.3 Å². The molecule has 0 unspecified atom stereocenters. The van der Waals surface area contributed by atoms with E-state index in [1.807, 2.05) is 35.1 Å². The minimum Gasteiger partial charge on any atom is -0.431 e. The van der Waals surface area contributed by atoms with E-state index in [9.17, 15) is 0 Å². The fourth-order valence-corrected chi connectivity index (χ4v) is 2.41. The second-order valence-corrected chi connectivity index (χ2v) is 4.88. The average molecular weight is 260 g/mol. The Balaban J connectivity index is 1.62. The zero-order valence-electron chi connectivity index (χ0n) is 9.61. The molecule has 0 saturated carbocycles. The molecule has 0 radical (unpaired) electrons. The number of para-hydroxylation sites is 2. The predicted octanol–water partition coefficient (Wildman–Crippen LogP) is 2.40. The molecule has 6 heteroatoms. The van der Waals surface area contributed by atoms with Crippen LogP contribution in [-0.4, -0.2) is 20.5 Å². The molecule has 3 aromatic rings. The second kappa shape index (κ2) is 4.73. The van der Waals surface area contributed by atoms with Crippen molar-refractivity contribution < 1.29 is 4.42 Å². The van der Waals surface area contributed by atoms with Crippen molar-refractivity contribution in [2.45, 2.75) is 11.8 Å². The number of benzene rings is 1. The number of nitrogen functional groups attached to an aromatic ring is 1. The van der Waals surface area contributed by atoms with Gasteiger partial charge in [0.25, 0.3) is 5.22 Å². The van der Waals surface area contributed by atoms with Gasteiger partial charge in [-0.2, -0.15) is 5.10 Å². The Morgan fingerprint density at radius 3 is 3.00 bits per heavy atom. The highest BCUT2D eigenvalue weighted by Crippen LogP contribution is 2.23. The molecule has 0 fully saturated rings. The van der Waals surface area contributed by atoms with Gasteiger partial charge in [0.2, 0.25) is 0 Å². The molecule has 0 atom stereocenters. The molecule has 0 saturated heterocycles. The van der Waals surface area contributed by atoms with Crippen LogP contribution in [0.4, 0.5) is 5.69 Å². The quantitative estimate of drug-likeness (QED) is 0.729. The number of oxazole rings is 1. The van der Waals surface area contributed by atoms with Crippen LogP contribution < -0.4 is 5.73 Å². The topological polar surface area (TPSA) is 69.9 Å². The molecule has 2 aromatic heterocycles. The lowest BCUT2D eigenvalue weighted by Gasteiger charge is -1.97. The smallest absolute Gasteiger partial charge is 0.256 e. The van der Waals surface area contributed by atoms with E-state index in [0.717, 1.165) is 23.4 Å². The van der Waals surface area contributed by atoms with Crippen LogP contribution in [0.3, 0.4) is 0 Å². The Morgan fingerprint density at radius 1 is 1.33 bits per heavy atom. The van der Waals surface area contributed by atoms with E-state index in [0.29, 0.717) is 10.9 Å². The maximum Gasteiger partial charge on any atom is 0.256 e. The number of aryl methyl sites for hydroxylation is 1. The summed E-state index contributed by atoms with van der Waals surface area (Å²) in [6, 6.07) is 7.75. The van der Waals surface area contributed by atoms with Gasteiger partial charge in [-0.1, -0.05) is 23.9 Å². The summed E-state index contributed by atoms with van der Waals surface area (Å²) in [7, 11) is 0. The van der Waals surface area contributed by atoms with Gasteiger partial charge >= 0.3 is 0 Å². The van der Waals surface area contributed by atoms with Crippen LogP contribution in [0.1, 0.15) is 0 Å². The van der Waals surface area contributed by atoms with Crippen molar-refractivity contribution in [3.8, 4) is 0 Å². The van der Waals surface area contributed by atoms with Crippen LogP contribution >= 0.6 is 11.8 Å². The summed E-state index contributed by atoms with van der Waals surface area (Å²) in [5.41, 5.74) is 7.99. The minimum absolute atomic E-state index is 0.682. The first-order chi connectivity index (χ1) is 8.81. The van der Waals surface area contributed by atoms with E-state index in [2.05, 4.69) is 10.1 Å². The number of nitrogens with zero attached hydrogens (tertiary/aromatic N) is 3. The first-order valence-corrected chi connectivity index (χ1v) is 6.56. The average Bonchev–Trinajstić information content (AvgIpc) is 2.95. The van der Waals surface area contributed by atoms with Crippen LogP contribution in [0.25, 0.3) is 11.1 Å². The third-order valence-electron chi connectivity index (χ3n) is 2.47. The first kappa shape index (κ1) is 11.2. The summed E-state index contributed by atoms with van der Waals surface area (Å²) < 4.78 is 7.42. The van der Waals surface area contributed by atoms with E-state index in [-0.39, 0.29) is 0 Å². The van der Waals surface area contributed by atoms with Gasteiger partial charge in [0.05, 0.1) is 18.4 Å². The molecule has 2 N–H and O–H groups in total. The molecule has 0 amide bonds. The fourth-order valence-electron chi connectivity index (χ4n) is 1.64. The predicted molar refractivity (Wildman–Crippen MR) is 71.4 cm³/mol. The van der Waals surface area contributed by atoms with Gasteiger partial charge in [0.1, 0.15) is 5.52 Å². The number of rotatable bonds is 4. The van der Waals surface area contributed by atoms with Crippen molar-refractivity contribution in [2.24, 2.45) is 0 Å². The third kappa shape index (κ3) is 2.33. The number of anilines is 1. The zero-order valence-corrected chi connectivity index (χ0v) is 10.4. The molecule has 0 aliphatic rings. The molecular formula is C12H12N4OS. The van der Waals surface area contributed by atoms with Gasteiger partial charge in [0.15, 0.2) is 5.58 Å². The van der Waals surface area contributed by atoms with Gasteiger partial charge in [-0.15, -0.1) is 0 Å². The normalized spacial score (nSPS) is 11.1. The van der Waals surface area contributed by atoms with Crippen molar-refractivity contribution in [1.82, 2.24) is 14.8 Å². The van der Waals surface area contributed by atoms with Crippen LogP contribution in [-0.2, 0) is 6.54 Å². The molecule has 2 heterocycles. The second-order valence-electron chi connectivity index (χ2n) is 3.83. The number of thioether (sulfide) groups is 1. The van der Waals surface area contributed by atoms with Crippen LogP contribution in [0.2, 0.25) is 0 Å². The molecular weight excluding hydrogens is 248 g/mol. The Kier molecular flexibility index (Phi) is 2.93. The number of aromatic nitrogens is 3. The van der Waals surface area contributed by atoms with Crippen LogP contribution in [0, 0.1) is 0 Å². The summed E-state index contributed by atoms with van der Waals surface area (Å²) in [6.45, 7) is 0.778. The van der Waals surface area contributed by atoms with Crippen molar-refractivity contribution in [2.75, 3.05) is 11.5 Å². The standard InChI is InChI=1S/C12H12N4OS/c13-9-7-14-16(8-9)5-6-18-12-15-10-3-1-2-4-11(10)17-12/h1-4,7-8H,5-6,13H2. The van der Waals surface area contributed by atoms with Crippen molar-refractivity contribution >= 4 is 28.5 Å². The van der Waals surface area contributed by atoms with E-state index < -0.39 is 0 Å². The molecule has 0 aliphatic carbocycles. The number of hydrogen-bond donors (Lipinski definition) is 1. The fraction of sp³-hybridized carbons (Fsp3) is 0.167. The number of nitrogens with two attached hydrogens (primary N) is 1. The van der Waals surface area contributed by atoms with Crippen molar-refractivity contribution in [1.29, 1.82) is 0 Å². The molecule has 0 bridgehead atoms. The highest BCUT2D eigenvalue weighted by atomic mass is 32.2. The minimum atomic E-state index is 0.682. The molecule has 0 aliphatic heterocycles. The summed E-state index contributed by atoms with van der Waals surface area (Å²) in [5.74, 6) is 0.841. The monoisotopic (exact) mass is 260 g/mol. The maximum atomic E-state index is 5.61. The SMILES string of the molecule is Nc1cnn(CCSc2nc3ccccc3o2)c1.